The Balaban J connectivity index is 1.68. The fourth-order valence-electron chi connectivity index (χ4n) is 2.28. The van der Waals surface area contributed by atoms with Crippen LogP contribution in [0.5, 0.6) is 5.75 Å². The lowest BCUT2D eigenvalue weighted by atomic mass is 10.2. The van der Waals surface area contributed by atoms with Gasteiger partial charge in [0.25, 0.3) is 0 Å². The van der Waals surface area contributed by atoms with Crippen LogP contribution in [0.4, 0.5) is 5.13 Å². The lowest BCUT2D eigenvalue weighted by Gasteiger charge is -2.03. The summed E-state index contributed by atoms with van der Waals surface area (Å²) < 4.78 is 6.52. The maximum absolute atomic E-state index is 12.1. The number of anilines is 1. The van der Waals surface area contributed by atoms with Gasteiger partial charge in [0.15, 0.2) is 5.13 Å². The molecule has 3 aromatic rings. The molecule has 0 radical (unpaired) electrons. The molecule has 0 unspecified atom stereocenters. The summed E-state index contributed by atoms with van der Waals surface area (Å²) in [6, 6.07) is 13.7. The molecule has 0 spiro atoms. The van der Waals surface area contributed by atoms with Crippen molar-refractivity contribution in [2.45, 2.75) is 13.8 Å². The highest BCUT2D eigenvalue weighted by Gasteiger charge is 2.06. The van der Waals surface area contributed by atoms with Gasteiger partial charge in [0, 0.05) is 6.08 Å². The quantitative estimate of drug-likeness (QED) is 0.689. The van der Waals surface area contributed by atoms with Gasteiger partial charge in [-0.25, -0.2) is 4.98 Å². The molecule has 122 valence electrons. The smallest absolute Gasteiger partial charge is 0.250 e. The van der Waals surface area contributed by atoms with E-state index in [-0.39, 0.29) is 5.91 Å². The lowest BCUT2D eigenvalue weighted by molar-refractivity contribution is -0.111. The number of aromatic nitrogens is 1. The molecule has 1 heterocycles. The fourth-order valence-corrected chi connectivity index (χ4v) is 3.25. The van der Waals surface area contributed by atoms with Gasteiger partial charge >= 0.3 is 0 Å². The molecule has 24 heavy (non-hydrogen) atoms. The van der Waals surface area contributed by atoms with E-state index in [1.807, 2.05) is 50.2 Å². The number of fused-ring (bicyclic) bond motifs is 1. The number of amides is 1. The Kier molecular flexibility index (Phi) is 4.91. The van der Waals surface area contributed by atoms with Gasteiger partial charge in [0.1, 0.15) is 5.75 Å². The third kappa shape index (κ3) is 4.00. The minimum absolute atomic E-state index is 0.201. The maximum Gasteiger partial charge on any atom is 0.250 e. The van der Waals surface area contributed by atoms with Crippen LogP contribution in [0.25, 0.3) is 16.3 Å². The molecule has 5 heteroatoms. The summed E-state index contributed by atoms with van der Waals surface area (Å²) >= 11 is 1.47. The predicted octanol–water partition coefficient (Wildman–Crippen LogP) is 4.66. The van der Waals surface area contributed by atoms with Crippen molar-refractivity contribution in [3.05, 3.63) is 59.7 Å². The number of ether oxygens (including phenoxy) is 1. The summed E-state index contributed by atoms with van der Waals surface area (Å²) in [4.78, 5) is 16.5. The molecule has 0 saturated carbocycles. The monoisotopic (exact) mass is 338 g/mol. The van der Waals surface area contributed by atoms with E-state index in [4.69, 9.17) is 4.74 Å². The molecular weight excluding hydrogens is 320 g/mol. The molecule has 0 atom stereocenters. The largest absolute Gasteiger partial charge is 0.494 e. The van der Waals surface area contributed by atoms with Crippen LogP contribution in [0.15, 0.2) is 48.5 Å². The highest BCUT2D eigenvalue weighted by Crippen LogP contribution is 2.26. The number of carbonyl (C=O) groups excluding carboxylic acids is 1. The molecule has 0 aliphatic rings. The molecule has 1 amide bonds. The zero-order valence-electron chi connectivity index (χ0n) is 13.6. The molecule has 0 fully saturated rings. The number of nitrogens with one attached hydrogen (secondary N) is 1. The first-order valence-corrected chi connectivity index (χ1v) is 8.55. The number of aryl methyl sites for hydroxylation is 1. The molecule has 0 aliphatic heterocycles. The van der Waals surface area contributed by atoms with Crippen LogP contribution in [-0.2, 0) is 4.79 Å². The molecule has 0 aliphatic carbocycles. The first-order valence-electron chi connectivity index (χ1n) is 7.73. The van der Waals surface area contributed by atoms with Crippen LogP contribution in [0.2, 0.25) is 0 Å². The third-order valence-electron chi connectivity index (χ3n) is 3.37. The van der Waals surface area contributed by atoms with Crippen molar-refractivity contribution in [2.24, 2.45) is 0 Å². The summed E-state index contributed by atoms with van der Waals surface area (Å²) in [6.07, 6.45) is 3.26. The normalized spacial score (nSPS) is 11.1. The number of hydrogen-bond donors (Lipinski definition) is 1. The minimum Gasteiger partial charge on any atom is -0.494 e. The van der Waals surface area contributed by atoms with Crippen LogP contribution >= 0.6 is 11.3 Å². The maximum atomic E-state index is 12.1. The Morgan fingerprint density at radius 1 is 1.29 bits per heavy atom. The van der Waals surface area contributed by atoms with Crippen LogP contribution in [-0.4, -0.2) is 17.5 Å². The second-order valence-corrected chi connectivity index (χ2v) is 6.35. The van der Waals surface area contributed by atoms with Gasteiger partial charge < -0.3 is 4.74 Å². The van der Waals surface area contributed by atoms with Crippen LogP contribution in [0.1, 0.15) is 18.1 Å². The second-order valence-electron chi connectivity index (χ2n) is 5.32. The van der Waals surface area contributed by atoms with Gasteiger partial charge in [-0.15, -0.1) is 0 Å². The van der Waals surface area contributed by atoms with E-state index in [0.717, 1.165) is 21.5 Å². The number of hydrogen-bond acceptors (Lipinski definition) is 4. The molecular formula is C19H18N2O2S. The van der Waals surface area contributed by atoms with Gasteiger partial charge in [-0.1, -0.05) is 29.5 Å². The second kappa shape index (κ2) is 7.27. The number of thiazole rings is 1. The standard InChI is InChI=1S/C19H18N2O2S/c1-3-23-15-6-4-5-14(12-15)8-10-18(22)21-19-20-16-9-7-13(2)11-17(16)24-19/h4-12H,3H2,1-2H3,(H,20,21,22)/b10-8-. The van der Waals surface area contributed by atoms with E-state index >= 15 is 0 Å². The summed E-state index contributed by atoms with van der Waals surface area (Å²) in [5.41, 5.74) is 2.99. The van der Waals surface area contributed by atoms with Gasteiger partial charge in [-0.05, 0) is 55.3 Å². The molecule has 0 bridgehead atoms. The molecule has 4 nitrogen and oxygen atoms in total. The average Bonchev–Trinajstić information content (AvgIpc) is 2.95. The third-order valence-corrected chi connectivity index (χ3v) is 4.30. The first-order chi connectivity index (χ1) is 11.6. The topological polar surface area (TPSA) is 51.2 Å². The highest BCUT2D eigenvalue weighted by atomic mass is 32.1. The lowest BCUT2D eigenvalue weighted by Crippen LogP contribution is -2.07. The van der Waals surface area contributed by atoms with E-state index in [1.54, 1.807) is 6.08 Å². The van der Waals surface area contributed by atoms with Crippen molar-refractivity contribution in [1.29, 1.82) is 0 Å². The zero-order chi connectivity index (χ0) is 16.9. The Labute approximate surface area is 144 Å². The van der Waals surface area contributed by atoms with Gasteiger partial charge in [-0.3, -0.25) is 10.1 Å². The predicted molar refractivity (Wildman–Crippen MR) is 99.6 cm³/mol. The van der Waals surface area contributed by atoms with Crippen molar-refractivity contribution in [3.63, 3.8) is 0 Å². The van der Waals surface area contributed by atoms with Gasteiger partial charge in [-0.2, -0.15) is 0 Å². The highest BCUT2D eigenvalue weighted by molar-refractivity contribution is 7.22. The fraction of sp³-hybridized carbons (Fsp3) is 0.158. The van der Waals surface area contributed by atoms with Crippen molar-refractivity contribution in [3.8, 4) is 5.75 Å². The van der Waals surface area contributed by atoms with E-state index in [2.05, 4.69) is 16.4 Å². The number of nitrogens with zero attached hydrogens (tertiary/aromatic N) is 1. The molecule has 0 saturated heterocycles. The number of benzene rings is 2. The minimum atomic E-state index is -0.201. The molecule has 1 N–H and O–H groups in total. The summed E-state index contributed by atoms with van der Waals surface area (Å²) in [7, 11) is 0. The Bertz CT molecular complexity index is 899. The van der Waals surface area contributed by atoms with E-state index in [1.165, 1.54) is 23.0 Å². The Morgan fingerprint density at radius 3 is 3.00 bits per heavy atom. The molecule has 3 rings (SSSR count). The van der Waals surface area contributed by atoms with Crippen molar-refractivity contribution < 1.29 is 9.53 Å². The first kappa shape index (κ1) is 16.2. The van der Waals surface area contributed by atoms with E-state index in [9.17, 15) is 4.79 Å². The molecule has 1 aromatic heterocycles. The van der Waals surface area contributed by atoms with Crippen molar-refractivity contribution >= 4 is 38.7 Å². The summed E-state index contributed by atoms with van der Waals surface area (Å²) in [5, 5.41) is 3.42. The van der Waals surface area contributed by atoms with E-state index < -0.39 is 0 Å². The average molecular weight is 338 g/mol. The summed E-state index contributed by atoms with van der Waals surface area (Å²) in [5.74, 6) is 0.592. The summed E-state index contributed by atoms with van der Waals surface area (Å²) in [6.45, 7) is 4.59. The molecule has 2 aromatic carbocycles. The Hall–Kier alpha value is -2.66. The van der Waals surface area contributed by atoms with E-state index in [0.29, 0.717) is 11.7 Å². The Morgan fingerprint density at radius 2 is 2.17 bits per heavy atom. The van der Waals surface area contributed by atoms with Crippen LogP contribution < -0.4 is 10.1 Å². The van der Waals surface area contributed by atoms with Crippen molar-refractivity contribution in [1.82, 2.24) is 4.98 Å². The van der Waals surface area contributed by atoms with Crippen LogP contribution in [0, 0.1) is 6.92 Å². The number of rotatable bonds is 5. The van der Waals surface area contributed by atoms with Gasteiger partial charge in [0.05, 0.1) is 16.8 Å². The SMILES string of the molecule is CCOc1cccc(/C=C\C(=O)Nc2nc3ccc(C)cc3s2)c1. The number of carbonyl (C=O) groups is 1. The zero-order valence-corrected chi connectivity index (χ0v) is 14.4. The van der Waals surface area contributed by atoms with Gasteiger partial charge in [0.2, 0.25) is 5.91 Å². The van der Waals surface area contributed by atoms with Crippen molar-refractivity contribution in [2.75, 3.05) is 11.9 Å². The van der Waals surface area contributed by atoms with Crippen LogP contribution in [0.3, 0.4) is 0 Å².